The minimum Gasteiger partial charge on any atom is -0.480 e. The number of likely N-dealkylation sites (tertiary alicyclic amines) is 1. The van der Waals surface area contributed by atoms with Crippen molar-refractivity contribution in [2.45, 2.75) is 38.0 Å². The van der Waals surface area contributed by atoms with Crippen LogP contribution in [0, 0.1) is 0 Å². The zero-order valence-corrected chi connectivity index (χ0v) is 17.3. The Kier molecular flexibility index (Phi) is 7.43. The minimum absolute atomic E-state index is 0.0217. The number of carbonyl (C=O) groups is 4. The average molecular weight is 440 g/mol. The summed E-state index contributed by atoms with van der Waals surface area (Å²) < 4.78 is 5.31. The number of hydrogen-bond acceptors (Lipinski definition) is 5. The zero-order chi connectivity index (χ0) is 23.1. The summed E-state index contributed by atoms with van der Waals surface area (Å²) in [6, 6.07) is 12.9. The molecule has 1 heterocycles. The number of aliphatic carboxylic acids is 1. The van der Waals surface area contributed by atoms with Gasteiger partial charge in [0.1, 0.15) is 18.7 Å². The fourth-order valence-corrected chi connectivity index (χ4v) is 3.55. The molecular formula is C23H24N2O7. The lowest BCUT2D eigenvalue weighted by atomic mass is 10.0. The fraction of sp³-hybridized carbons (Fsp3) is 0.304. The normalized spacial score (nSPS) is 16.2. The van der Waals surface area contributed by atoms with E-state index in [9.17, 15) is 24.3 Å². The molecule has 2 aromatic rings. The lowest BCUT2D eigenvalue weighted by Crippen LogP contribution is -2.51. The topological polar surface area (TPSA) is 133 Å². The number of nitrogens with one attached hydrogen (secondary N) is 1. The second kappa shape index (κ2) is 10.4. The summed E-state index contributed by atoms with van der Waals surface area (Å²) in [4.78, 5) is 49.2. The first-order valence-electron chi connectivity index (χ1n) is 10.2. The number of rotatable bonds is 8. The molecule has 9 heteroatoms. The summed E-state index contributed by atoms with van der Waals surface area (Å²) in [6.45, 7) is 0.425. The first-order valence-corrected chi connectivity index (χ1v) is 10.2. The maximum Gasteiger partial charge on any atom is 0.410 e. The van der Waals surface area contributed by atoms with Crippen molar-refractivity contribution in [1.29, 1.82) is 0 Å². The summed E-state index contributed by atoms with van der Waals surface area (Å²) in [5.74, 6) is -2.87. The summed E-state index contributed by atoms with van der Waals surface area (Å²) in [6.07, 6.45) is 0.368. The molecule has 0 aromatic heterocycles. The van der Waals surface area contributed by atoms with Crippen LogP contribution in [0.15, 0.2) is 54.6 Å². The zero-order valence-electron chi connectivity index (χ0n) is 17.3. The van der Waals surface area contributed by atoms with Gasteiger partial charge >= 0.3 is 18.0 Å². The van der Waals surface area contributed by atoms with E-state index in [0.717, 1.165) is 5.56 Å². The molecule has 1 aliphatic heterocycles. The molecule has 32 heavy (non-hydrogen) atoms. The molecule has 1 aliphatic rings. The quantitative estimate of drug-likeness (QED) is 0.573. The van der Waals surface area contributed by atoms with Crippen molar-refractivity contribution in [2.75, 3.05) is 6.54 Å². The summed E-state index contributed by atoms with van der Waals surface area (Å²) in [7, 11) is 0. The molecule has 168 valence electrons. The van der Waals surface area contributed by atoms with Gasteiger partial charge in [0.2, 0.25) is 5.91 Å². The monoisotopic (exact) mass is 440 g/mol. The number of carboxylic acids is 2. The summed E-state index contributed by atoms with van der Waals surface area (Å²) in [5.41, 5.74) is 1.47. The molecule has 0 bridgehead atoms. The van der Waals surface area contributed by atoms with Gasteiger partial charge in [-0.3, -0.25) is 9.69 Å². The van der Waals surface area contributed by atoms with Crippen molar-refractivity contribution >= 4 is 23.9 Å². The van der Waals surface area contributed by atoms with E-state index in [0.29, 0.717) is 24.9 Å². The fourth-order valence-electron chi connectivity index (χ4n) is 3.55. The molecule has 2 atom stereocenters. The molecule has 0 radical (unpaired) electrons. The van der Waals surface area contributed by atoms with Crippen LogP contribution in [0.5, 0.6) is 0 Å². The molecule has 3 N–H and O–H groups in total. The molecule has 0 spiro atoms. The van der Waals surface area contributed by atoms with Crippen molar-refractivity contribution in [3.05, 3.63) is 71.3 Å². The van der Waals surface area contributed by atoms with E-state index in [2.05, 4.69) is 5.32 Å². The van der Waals surface area contributed by atoms with Crippen LogP contribution in [0.25, 0.3) is 0 Å². The van der Waals surface area contributed by atoms with E-state index in [1.807, 2.05) is 30.3 Å². The first-order chi connectivity index (χ1) is 15.3. The Morgan fingerprint density at radius 3 is 2.31 bits per heavy atom. The van der Waals surface area contributed by atoms with E-state index in [4.69, 9.17) is 9.84 Å². The molecule has 1 saturated heterocycles. The van der Waals surface area contributed by atoms with Gasteiger partial charge in [-0.15, -0.1) is 0 Å². The van der Waals surface area contributed by atoms with Gasteiger partial charge in [-0.1, -0.05) is 42.5 Å². The largest absolute Gasteiger partial charge is 0.480 e. The number of hydrogen-bond donors (Lipinski definition) is 3. The molecule has 0 unspecified atom stereocenters. The van der Waals surface area contributed by atoms with Gasteiger partial charge in [0.25, 0.3) is 0 Å². The van der Waals surface area contributed by atoms with Gasteiger partial charge in [0.15, 0.2) is 0 Å². The third-order valence-corrected chi connectivity index (χ3v) is 5.25. The van der Waals surface area contributed by atoms with Crippen LogP contribution in [0.4, 0.5) is 4.79 Å². The molecule has 1 fully saturated rings. The number of carboxylic acid groups (broad SMARTS) is 2. The van der Waals surface area contributed by atoms with Crippen LogP contribution >= 0.6 is 0 Å². The number of aromatic carboxylic acids is 1. The minimum atomic E-state index is -1.23. The Morgan fingerprint density at radius 1 is 1.00 bits per heavy atom. The molecule has 0 saturated carbocycles. The van der Waals surface area contributed by atoms with E-state index in [1.165, 1.54) is 29.2 Å². The summed E-state index contributed by atoms with van der Waals surface area (Å²) >= 11 is 0. The summed E-state index contributed by atoms with van der Waals surface area (Å²) in [5, 5.41) is 21.0. The molecule has 0 aliphatic carbocycles. The van der Waals surface area contributed by atoms with E-state index >= 15 is 0 Å². The molecule has 2 amide bonds. The van der Waals surface area contributed by atoms with Gasteiger partial charge in [-0.2, -0.15) is 0 Å². The lowest BCUT2D eigenvalue weighted by molar-refractivity contribution is -0.142. The Bertz CT molecular complexity index is 976. The number of ether oxygens (including phenoxy) is 1. The van der Waals surface area contributed by atoms with Crippen molar-refractivity contribution < 1.29 is 34.1 Å². The van der Waals surface area contributed by atoms with Crippen LogP contribution in [0.1, 0.15) is 34.3 Å². The predicted molar refractivity (Wildman–Crippen MR) is 113 cm³/mol. The third-order valence-electron chi connectivity index (χ3n) is 5.25. The molecule has 2 aromatic carbocycles. The highest BCUT2D eigenvalue weighted by Gasteiger charge is 2.36. The maximum absolute atomic E-state index is 12.8. The van der Waals surface area contributed by atoms with E-state index < -0.39 is 36.0 Å². The van der Waals surface area contributed by atoms with Crippen LogP contribution in [0.3, 0.4) is 0 Å². The number of amides is 2. The highest BCUT2D eigenvalue weighted by atomic mass is 16.6. The number of benzene rings is 2. The molecule has 3 rings (SSSR count). The standard InChI is InChI=1S/C23H24N2O7/c26-20(24-18(22(29)30)13-15-8-10-17(11-9-15)21(27)28)19-7-4-12-25(19)23(31)32-14-16-5-2-1-3-6-16/h1-3,5-6,8-11,18-19H,4,7,12-14H2,(H,24,26)(H,27,28)(H,29,30)/t18-,19-/m1/s1. The lowest BCUT2D eigenvalue weighted by Gasteiger charge is -2.25. The van der Waals surface area contributed by atoms with Crippen LogP contribution in [-0.2, 0) is 27.4 Å². The number of carbonyl (C=O) groups excluding carboxylic acids is 2. The van der Waals surface area contributed by atoms with Crippen LogP contribution in [0.2, 0.25) is 0 Å². The van der Waals surface area contributed by atoms with Crippen molar-refractivity contribution in [3.8, 4) is 0 Å². The van der Waals surface area contributed by atoms with Gasteiger partial charge in [-0.25, -0.2) is 14.4 Å². The van der Waals surface area contributed by atoms with Gasteiger partial charge < -0.3 is 20.3 Å². The van der Waals surface area contributed by atoms with Crippen LogP contribution in [-0.4, -0.2) is 57.7 Å². The average Bonchev–Trinajstić information content (AvgIpc) is 3.28. The van der Waals surface area contributed by atoms with E-state index in [1.54, 1.807) is 0 Å². The second-order valence-corrected chi connectivity index (χ2v) is 7.50. The molecule has 9 nitrogen and oxygen atoms in total. The smallest absolute Gasteiger partial charge is 0.410 e. The van der Waals surface area contributed by atoms with Gasteiger partial charge in [0, 0.05) is 13.0 Å². The second-order valence-electron chi connectivity index (χ2n) is 7.50. The van der Waals surface area contributed by atoms with Crippen molar-refractivity contribution in [3.63, 3.8) is 0 Å². The Morgan fingerprint density at radius 2 is 1.69 bits per heavy atom. The Balaban J connectivity index is 1.60. The first kappa shape index (κ1) is 22.8. The van der Waals surface area contributed by atoms with E-state index in [-0.39, 0.29) is 18.6 Å². The highest BCUT2D eigenvalue weighted by Crippen LogP contribution is 2.20. The van der Waals surface area contributed by atoms with Gasteiger partial charge in [0.05, 0.1) is 5.56 Å². The van der Waals surface area contributed by atoms with Crippen LogP contribution < -0.4 is 5.32 Å². The maximum atomic E-state index is 12.8. The van der Waals surface area contributed by atoms with Gasteiger partial charge in [-0.05, 0) is 36.1 Å². The number of nitrogens with zero attached hydrogens (tertiary/aromatic N) is 1. The molecular weight excluding hydrogens is 416 g/mol. The predicted octanol–water partition coefficient (Wildman–Crippen LogP) is 2.30. The highest BCUT2D eigenvalue weighted by molar-refractivity contribution is 5.90. The van der Waals surface area contributed by atoms with Crippen molar-refractivity contribution in [2.24, 2.45) is 0 Å². The Hall–Kier alpha value is -3.88. The third kappa shape index (κ3) is 5.84. The van der Waals surface area contributed by atoms with Crippen molar-refractivity contribution in [1.82, 2.24) is 10.2 Å². The Labute approximate surface area is 184 Å². The SMILES string of the molecule is O=C(O)c1ccc(C[C@@H](NC(=O)[C@H]2CCCN2C(=O)OCc2ccccc2)C(=O)O)cc1.